The molecule has 4 rings (SSSR count). The maximum Gasteiger partial charge on any atom is 0.171 e. The van der Waals surface area contributed by atoms with E-state index in [2.05, 4.69) is 15.0 Å². The van der Waals surface area contributed by atoms with Gasteiger partial charge in [-0.1, -0.05) is 30.3 Å². The summed E-state index contributed by atoms with van der Waals surface area (Å²) in [6.45, 7) is 3.31. The van der Waals surface area contributed by atoms with Crippen LogP contribution in [-0.4, -0.2) is 30.2 Å². The quantitative estimate of drug-likeness (QED) is 0.551. The molecule has 2 aromatic heterocycles. The third-order valence-corrected chi connectivity index (χ3v) is 4.29. The Labute approximate surface area is 167 Å². The first-order valence-electron chi connectivity index (χ1n) is 9.11. The van der Waals surface area contributed by atoms with E-state index in [0.29, 0.717) is 28.4 Å². The van der Waals surface area contributed by atoms with Gasteiger partial charge >= 0.3 is 0 Å². The third kappa shape index (κ3) is 3.86. The summed E-state index contributed by atoms with van der Waals surface area (Å²) in [6, 6.07) is 15.7. The number of benzene rings is 2. The molecule has 146 valence electrons. The third-order valence-electron chi connectivity index (χ3n) is 4.29. The molecule has 0 radical (unpaired) electrons. The van der Waals surface area contributed by atoms with Gasteiger partial charge in [-0.05, 0) is 50.3 Å². The Kier molecular flexibility index (Phi) is 4.60. The summed E-state index contributed by atoms with van der Waals surface area (Å²) in [6.07, 6.45) is 3.20. The molecule has 7 heteroatoms. The molecule has 0 aliphatic carbocycles. The first kappa shape index (κ1) is 18.8. The summed E-state index contributed by atoms with van der Waals surface area (Å²) in [5, 5.41) is 9.95. The number of halogens is 1. The Morgan fingerprint density at radius 2 is 1.79 bits per heavy atom. The molecular formula is C22H20FN5O. The molecule has 0 aliphatic rings. The van der Waals surface area contributed by atoms with Crippen LogP contribution in [0.1, 0.15) is 19.7 Å². The summed E-state index contributed by atoms with van der Waals surface area (Å²) in [5.74, 6) is 0.704. The Bertz CT molecular complexity index is 1210. The van der Waals surface area contributed by atoms with Crippen molar-refractivity contribution >= 4 is 23.1 Å². The van der Waals surface area contributed by atoms with Crippen LogP contribution < -0.4 is 5.73 Å². The van der Waals surface area contributed by atoms with Gasteiger partial charge in [0.2, 0.25) is 0 Å². The number of nitrogens with zero attached hydrogens (tertiary/aromatic N) is 4. The van der Waals surface area contributed by atoms with E-state index in [9.17, 15) is 9.50 Å². The molecule has 0 bridgehead atoms. The fraction of sp³-hybridized carbons (Fsp3) is 0.136. The van der Waals surface area contributed by atoms with Crippen molar-refractivity contribution in [2.24, 2.45) is 0 Å². The van der Waals surface area contributed by atoms with Gasteiger partial charge < -0.3 is 10.8 Å². The number of nitrogen functional groups attached to an aromatic ring is 1. The number of nitrogens with two attached hydrogens (primary N) is 1. The number of anilines is 1. The number of hydrogen-bond acceptors (Lipinski definition) is 5. The van der Waals surface area contributed by atoms with Crippen molar-refractivity contribution < 1.29 is 9.50 Å². The van der Waals surface area contributed by atoms with Gasteiger partial charge in [-0.3, -0.25) is 4.57 Å². The Hall–Kier alpha value is -3.58. The number of aliphatic hydroxyl groups is 1. The maximum atomic E-state index is 13.9. The van der Waals surface area contributed by atoms with E-state index in [-0.39, 0.29) is 11.6 Å². The summed E-state index contributed by atoms with van der Waals surface area (Å²) in [5.41, 5.74) is 7.48. The first-order valence-corrected chi connectivity index (χ1v) is 9.11. The van der Waals surface area contributed by atoms with E-state index in [0.717, 1.165) is 5.69 Å². The highest BCUT2D eigenvalue weighted by Gasteiger charge is 2.19. The monoisotopic (exact) mass is 389 g/mol. The highest BCUT2D eigenvalue weighted by atomic mass is 19.1. The predicted octanol–water partition coefficient (Wildman–Crippen LogP) is 3.99. The number of aromatic nitrogens is 4. The Morgan fingerprint density at radius 1 is 1.03 bits per heavy atom. The van der Waals surface area contributed by atoms with Crippen molar-refractivity contribution in [3.8, 4) is 17.1 Å². The van der Waals surface area contributed by atoms with Crippen LogP contribution in [0.4, 0.5) is 10.2 Å². The second-order valence-corrected chi connectivity index (χ2v) is 7.24. The van der Waals surface area contributed by atoms with E-state index in [1.54, 1.807) is 38.1 Å². The molecule has 4 aromatic rings. The van der Waals surface area contributed by atoms with Gasteiger partial charge in [-0.2, -0.15) is 0 Å². The Balaban J connectivity index is 2.01. The smallest absolute Gasteiger partial charge is 0.171 e. The molecular weight excluding hydrogens is 369 g/mol. The fourth-order valence-electron chi connectivity index (χ4n) is 2.99. The largest absolute Gasteiger partial charge is 0.386 e. The lowest BCUT2D eigenvalue weighted by Crippen LogP contribution is -2.13. The topological polar surface area (TPSA) is 89.9 Å². The minimum absolute atomic E-state index is 0.206. The minimum atomic E-state index is -1.01. The van der Waals surface area contributed by atoms with Gasteiger partial charge in [-0.25, -0.2) is 19.3 Å². The lowest BCUT2D eigenvalue weighted by molar-refractivity contribution is 0.134. The zero-order valence-corrected chi connectivity index (χ0v) is 16.0. The van der Waals surface area contributed by atoms with Crippen LogP contribution in [-0.2, 0) is 0 Å². The van der Waals surface area contributed by atoms with Gasteiger partial charge in [0.25, 0.3) is 0 Å². The Morgan fingerprint density at radius 3 is 2.48 bits per heavy atom. The fourth-order valence-corrected chi connectivity index (χ4v) is 2.99. The van der Waals surface area contributed by atoms with Gasteiger partial charge in [0.05, 0.1) is 5.60 Å². The molecule has 0 amide bonds. The van der Waals surface area contributed by atoms with Gasteiger partial charge in [0.15, 0.2) is 22.8 Å². The second-order valence-electron chi connectivity index (χ2n) is 7.24. The lowest BCUT2D eigenvalue weighted by atomic mass is 10.1. The summed E-state index contributed by atoms with van der Waals surface area (Å²) in [4.78, 5) is 13.5. The zero-order chi connectivity index (χ0) is 20.6. The van der Waals surface area contributed by atoms with Gasteiger partial charge in [0.1, 0.15) is 11.6 Å². The van der Waals surface area contributed by atoms with E-state index in [1.165, 1.54) is 12.1 Å². The highest BCUT2D eigenvalue weighted by Crippen LogP contribution is 2.30. The van der Waals surface area contributed by atoms with Crippen LogP contribution >= 0.6 is 0 Å². The number of imidazole rings is 1. The first-order chi connectivity index (χ1) is 13.8. The lowest BCUT2D eigenvalue weighted by Gasteiger charge is -2.10. The van der Waals surface area contributed by atoms with Crippen LogP contribution in [0.3, 0.4) is 0 Å². The molecule has 0 saturated carbocycles. The molecule has 2 heterocycles. The van der Waals surface area contributed by atoms with E-state index in [4.69, 9.17) is 5.73 Å². The average Bonchev–Trinajstić information content (AvgIpc) is 3.07. The molecule has 0 atom stereocenters. The van der Waals surface area contributed by atoms with Crippen LogP contribution in [0.2, 0.25) is 0 Å². The zero-order valence-electron chi connectivity index (χ0n) is 16.0. The molecule has 0 saturated heterocycles. The van der Waals surface area contributed by atoms with Crippen molar-refractivity contribution in [2.45, 2.75) is 19.4 Å². The molecule has 3 N–H and O–H groups in total. The number of hydrogen-bond donors (Lipinski definition) is 2. The summed E-state index contributed by atoms with van der Waals surface area (Å²) < 4.78 is 15.7. The molecule has 0 fully saturated rings. The average molecular weight is 389 g/mol. The molecule has 6 nitrogen and oxygen atoms in total. The SMILES string of the molecule is CC(C)(O)/C=C/c1nc(N)c2nc(-c3cccc(F)c3)n(-c3ccccc3)c2n1. The van der Waals surface area contributed by atoms with Crippen molar-refractivity contribution in [3.63, 3.8) is 0 Å². The van der Waals surface area contributed by atoms with E-state index < -0.39 is 5.60 Å². The maximum absolute atomic E-state index is 13.9. The number of rotatable bonds is 4. The molecule has 0 aliphatic heterocycles. The molecule has 29 heavy (non-hydrogen) atoms. The summed E-state index contributed by atoms with van der Waals surface area (Å²) >= 11 is 0. The number of para-hydroxylation sites is 1. The molecule has 0 spiro atoms. The molecule has 0 unspecified atom stereocenters. The van der Waals surface area contributed by atoms with Crippen LogP contribution in [0.25, 0.3) is 34.3 Å². The molecule has 2 aromatic carbocycles. The van der Waals surface area contributed by atoms with Crippen LogP contribution in [0.15, 0.2) is 60.7 Å². The predicted molar refractivity (Wildman–Crippen MR) is 112 cm³/mol. The van der Waals surface area contributed by atoms with Gasteiger partial charge in [0, 0.05) is 11.3 Å². The van der Waals surface area contributed by atoms with Crippen LogP contribution in [0.5, 0.6) is 0 Å². The van der Waals surface area contributed by atoms with Crippen molar-refractivity contribution in [2.75, 3.05) is 5.73 Å². The van der Waals surface area contributed by atoms with Crippen molar-refractivity contribution in [3.05, 3.63) is 72.3 Å². The minimum Gasteiger partial charge on any atom is -0.386 e. The van der Waals surface area contributed by atoms with E-state index in [1.807, 2.05) is 34.9 Å². The second kappa shape index (κ2) is 7.10. The van der Waals surface area contributed by atoms with Crippen molar-refractivity contribution in [1.29, 1.82) is 0 Å². The highest BCUT2D eigenvalue weighted by molar-refractivity contribution is 5.88. The van der Waals surface area contributed by atoms with Crippen LogP contribution in [0, 0.1) is 5.82 Å². The number of fused-ring (bicyclic) bond motifs is 1. The standard InChI is InChI=1S/C22H20FN5O/c1-22(2,29)12-11-17-25-19(24)18-21(26-17)28(16-9-4-3-5-10-16)20(27-18)14-7-6-8-15(23)13-14/h3-13,29H,1-2H3,(H2,24,25,26)/b12-11+. The van der Waals surface area contributed by atoms with E-state index >= 15 is 0 Å². The summed E-state index contributed by atoms with van der Waals surface area (Å²) in [7, 11) is 0. The van der Waals surface area contributed by atoms with Crippen molar-refractivity contribution in [1.82, 2.24) is 19.5 Å². The normalized spacial score (nSPS) is 12.1. The van der Waals surface area contributed by atoms with Gasteiger partial charge in [-0.15, -0.1) is 0 Å².